The van der Waals surface area contributed by atoms with Crippen LogP contribution in [0, 0.1) is 0 Å². The van der Waals surface area contributed by atoms with Crippen LogP contribution in [0.2, 0.25) is 0 Å². The number of rotatable bonds is 1. The third-order valence-corrected chi connectivity index (χ3v) is 4.78. The molecule has 0 aromatic heterocycles. The Morgan fingerprint density at radius 2 is 1.85 bits per heavy atom. The minimum absolute atomic E-state index is 0.00259. The van der Waals surface area contributed by atoms with Crippen LogP contribution in [0.15, 0.2) is 22.5 Å². The molecule has 2 bridgehead atoms. The van der Waals surface area contributed by atoms with Crippen LogP contribution in [0.5, 0.6) is 0 Å². The molecular formula is C15H20N2O3. The molecule has 3 rings (SSSR count). The van der Waals surface area contributed by atoms with E-state index < -0.39 is 0 Å². The fourth-order valence-corrected chi connectivity index (χ4v) is 3.66. The Morgan fingerprint density at radius 1 is 1.15 bits per heavy atom. The van der Waals surface area contributed by atoms with Crippen molar-refractivity contribution in [3.05, 3.63) is 22.5 Å². The maximum atomic E-state index is 12.7. The quantitative estimate of drug-likeness (QED) is 0.648. The van der Waals surface area contributed by atoms with Crippen molar-refractivity contribution >= 4 is 11.6 Å². The Bertz CT molecular complexity index is 561. The second-order valence-electron chi connectivity index (χ2n) is 5.97. The van der Waals surface area contributed by atoms with E-state index in [1.165, 1.54) is 7.11 Å². The first-order valence-electron chi connectivity index (χ1n) is 6.93. The molecule has 2 aliphatic heterocycles. The van der Waals surface area contributed by atoms with Crippen molar-refractivity contribution in [1.82, 2.24) is 9.80 Å². The maximum Gasteiger partial charge on any atom is 0.225 e. The number of nitrogens with zero attached hydrogens (tertiary/aromatic N) is 2. The fourth-order valence-electron chi connectivity index (χ4n) is 3.66. The minimum atomic E-state index is -0.106. The van der Waals surface area contributed by atoms with Crippen molar-refractivity contribution in [2.24, 2.45) is 0 Å². The van der Waals surface area contributed by atoms with E-state index in [1.807, 2.05) is 7.05 Å². The van der Waals surface area contributed by atoms with Gasteiger partial charge in [0.25, 0.3) is 0 Å². The summed E-state index contributed by atoms with van der Waals surface area (Å²) in [6.45, 7) is 3.40. The summed E-state index contributed by atoms with van der Waals surface area (Å²) < 4.78 is 5.18. The number of allylic oxidation sites excluding steroid dienone is 2. The second-order valence-corrected chi connectivity index (χ2v) is 5.97. The molecule has 5 heteroatoms. The number of piperazine rings is 1. The van der Waals surface area contributed by atoms with Gasteiger partial charge in [-0.3, -0.25) is 14.5 Å². The lowest BCUT2D eigenvalue weighted by atomic mass is 9.77. The molecule has 2 atom stereocenters. The molecule has 108 valence electrons. The third kappa shape index (κ3) is 1.70. The molecule has 0 aromatic rings. The largest absolute Gasteiger partial charge is 0.492 e. The number of Topliss-reactive ketones (excluding diaryl/α,β-unsaturated/α-hetero) is 2. The summed E-state index contributed by atoms with van der Waals surface area (Å²) in [4.78, 5) is 29.6. The van der Waals surface area contributed by atoms with Gasteiger partial charge in [0.1, 0.15) is 0 Å². The fraction of sp³-hybridized carbons (Fsp3) is 0.600. The predicted octanol–water partition coefficient (Wildman–Crippen LogP) is 0.373. The van der Waals surface area contributed by atoms with Crippen LogP contribution in [0.4, 0.5) is 0 Å². The van der Waals surface area contributed by atoms with Crippen LogP contribution in [0.25, 0.3) is 0 Å². The number of carbonyl (C=O) groups is 2. The molecule has 2 unspecified atom stereocenters. The molecule has 0 saturated carbocycles. The summed E-state index contributed by atoms with van der Waals surface area (Å²) in [5.74, 6) is 0.100. The van der Waals surface area contributed by atoms with Crippen molar-refractivity contribution < 1.29 is 14.3 Å². The van der Waals surface area contributed by atoms with Crippen LogP contribution >= 0.6 is 0 Å². The van der Waals surface area contributed by atoms with Crippen molar-refractivity contribution in [3.63, 3.8) is 0 Å². The van der Waals surface area contributed by atoms with E-state index in [1.54, 1.807) is 6.92 Å². The first-order chi connectivity index (χ1) is 9.45. The number of ether oxygens (including phenoxy) is 1. The summed E-state index contributed by atoms with van der Waals surface area (Å²) in [6, 6.07) is 0.309. The number of ketones is 2. The highest BCUT2D eigenvalue weighted by molar-refractivity contribution is 6.24. The van der Waals surface area contributed by atoms with Gasteiger partial charge >= 0.3 is 0 Å². The maximum absolute atomic E-state index is 12.7. The van der Waals surface area contributed by atoms with Crippen molar-refractivity contribution in [1.29, 1.82) is 0 Å². The molecular weight excluding hydrogens is 256 g/mol. The summed E-state index contributed by atoms with van der Waals surface area (Å²) >= 11 is 0. The van der Waals surface area contributed by atoms with Gasteiger partial charge in [0, 0.05) is 35.9 Å². The molecule has 1 aliphatic carbocycles. The van der Waals surface area contributed by atoms with Crippen molar-refractivity contribution in [2.75, 3.05) is 34.3 Å². The van der Waals surface area contributed by atoms with E-state index >= 15 is 0 Å². The molecule has 5 nitrogen and oxygen atoms in total. The topological polar surface area (TPSA) is 49.9 Å². The predicted molar refractivity (Wildman–Crippen MR) is 74.2 cm³/mol. The Kier molecular flexibility index (Phi) is 3.06. The van der Waals surface area contributed by atoms with Gasteiger partial charge in [0.15, 0.2) is 11.5 Å². The van der Waals surface area contributed by atoms with Gasteiger partial charge in [0.2, 0.25) is 5.78 Å². The zero-order valence-corrected chi connectivity index (χ0v) is 12.4. The van der Waals surface area contributed by atoms with Gasteiger partial charge in [-0.05, 0) is 27.4 Å². The zero-order valence-electron chi connectivity index (χ0n) is 12.4. The summed E-state index contributed by atoms with van der Waals surface area (Å²) in [7, 11) is 5.56. The Balaban J connectivity index is 2.11. The average Bonchev–Trinajstić information content (AvgIpc) is 2.38. The Labute approximate surface area is 118 Å². The van der Waals surface area contributed by atoms with Gasteiger partial charge in [-0.1, -0.05) is 0 Å². The van der Waals surface area contributed by atoms with Crippen molar-refractivity contribution in [3.8, 4) is 0 Å². The molecule has 20 heavy (non-hydrogen) atoms. The molecule has 0 aromatic carbocycles. The first-order valence-corrected chi connectivity index (χ1v) is 6.93. The van der Waals surface area contributed by atoms with E-state index in [-0.39, 0.29) is 23.4 Å². The zero-order chi connectivity index (χ0) is 14.6. The van der Waals surface area contributed by atoms with E-state index in [2.05, 4.69) is 16.8 Å². The number of methoxy groups -OCH3 is 1. The van der Waals surface area contributed by atoms with E-state index in [9.17, 15) is 9.59 Å². The third-order valence-electron chi connectivity index (χ3n) is 4.78. The molecule has 1 saturated heterocycles. The second kappa shape index (κ2) is 4.53. The number of fused-ring (bicyclic) bond motifs is 3. The van der Waals surface area contributed by atoms with Crippen LogP contribution in [-0.2, 0) is 14.3 Å². The van der Waals surface area contributed by atoms with E-state index in [0.717, 1.165) is 18.7 Å². The molecule has 0 amide bonds. The highest BCUT2D eigenvalue weighted by Crippen LogP contribution is 2.38. The lowest BCUT2D eigenvalue weighted by Crippen LogP contribution is -2.61. The number of likely N-dealkylation sites (N-methyl/N-ethyl adjacent to an activating group) is 2. The van der Waals surface area contributed by atoms with E-state index in [4.69, 9.17) is 4.74 Å². The Morgan fingerprint density at radius 3 is 2.50 bits per heavy atom. The molecule has 1 fully saturated rings. The molecule has 0 N–H and O–H groups in total. The minimum Gasteiger partial charge on any atom is -0.492 e. The highest BCUT2D eigenvalue weighted by Gasteiger charge is 2.46. The number of hydrogen-bond acceptors (Lipinski definition) is 5. The highest BCUT2D eigenvalue weighted by atomic mass is 16.5. The van der Waals surface area contributed by atoms with Crippen molar-refractivity contribution in [2.45, 2.75) is 25.4 Å². The van der Waals surface area contributed by atoms with Crippen LogP contribution in [0.3, 0.4) is 0 Å². The van der Waals surface area contributed by atoms with Gasteiger partial charge in [-0.25, -0.2) is 0 Å². The van der Waals surface area contributed by atoms with Crippen LogP contribution in [0.1, 0.15) is 13.3 Å². The molecule has 3 aliphatic rings. The molecule has 2 heterocycles. The van der Waals surface area contributed by atoms with E-state index in [0.29, 0.717) is 23.6 Å². The van der Waals surface area contributed by atoms with Crippen LogP contribution < -0.4 is 0 Å². The average molecular weight is 276 g/mol. The number of carbonyl (C=O) groups excluding carboxylic acids is 2. The van der Waals surface area contributed by atoms with Gasteiger partial charge in [-0.15, -0.1) is 0 Å². The summed E-state index contributed by atoms with van der Waals surface area (Å²) in [5.41, 5.74) is 1.82. The number of hydrogen-bond donors (Lipinski definition) is 0. The normalized spacial score (nSPS) is 31.8. The smallest absolute Gasteiger partial charge is 0.225 e. The summed E-state index contributed by atoms with van der Waals surface area (Å²) in [6.07, 6.45) is 0.658. The first kappa shape index (κ1) is 13.5. The molecule has 0 spiro atoms. The standard InChI is InChI=1S/C15H20N2O3/c1-8-13(18)10-5-9-6-16(2)7-11(17(9)3)12(10)14(19)15(8)20-4/h9,11H,5-7H2,1-4H3. The Hall–Kier alpha value is -1.46. The monoisotopic (exact) mass is 276 g/mol. The SMILES string of the molecule is COC1=C(C)C(=O)C2=C(C1=O)C1CN(C)CC(C2)N1C. The molecule has 0 radical (unpaired) electrons. The summed E-state index contributed by atoms with van der Waals surface area (Å²) in [5, 5.41) is 0. The van der Waals surface area contributed by atoms with Gasteiger partial charge in [0.05, 0.1) is 13.2 Å². The van der Waals surface area contributed by atoms with Crippen LogP contribution in [-0.4, -0.2) is 67.7 Å². The lowest BCUT2D eigenvalue weighted by molar-refractivity contribution is -0.120. The van der Waals surface area contributed by atoms with Gasteiger partial charge < -0.3 is 9.64 Å². The van der Waals surface area contributed by atoms with Gasteiger partial charge in [-0.2, -0.15) is 0 Å². The lowest BCUT2D eigenvalue weighted by Gasteiger charge is -2.49.